The van der Waals surface area contributed by atoms with Gasteiger partial charge in [-0.15, -0.1) is 0 Å². The maximum Gasteiger partial charge on any atom is 0.407 e. The third-order valence-electron chi connectivity index (χ3n) is 7.16. The van der Waals surface area contributed by atoms with E-state index in [-0.39, 0.29) is 36.2 Å². The molecule has 3 atom stereocenters. The second-order valence-electron chi connectivity index (χ2n) is 9.43. The van der Waals surface area contributed by atoms with Crippen molar-refractivity contribution in [1.29, 1.82) is 0 Å². The molecule has 0 bridgehead atoms. The van der Waals surface area contributed by atoms with Gasteiger partial charge < -0.3 is 15.4 Å². The fraction of sp³-hybridized carbons (Fsp3) is 0.464. The van der Waals surface area contributed by atoms with Crippen molar-refractivity contribution in [2.45, 2.75) is 70.4 Å². The third kappa shape index (κ3) is 5.16. The SMILES string of the molecule is CCCC[C@H](NC(=O)OCC1c2ccccc2-c2ccccc21)C(=O)N[C@H]1CCC[C@H]1C(C)=O. The zero-order chi connectivity index (χ0) is 24.1. The number of hydrogen-bond acceptors (Lipinski definition) is 4. The van der Waals surface area contributed by atoms with Crippen LogP contribution in [-0.4, -0.2) is 36.5 Å². The van der Waals surface area contributed by atoms with E-state index >= 15 is 0 Å². The zero-order valence-electron chi connectivity index (χ0n) is 20.0. The van der Waals surface area contributed by atoms with Crippen molar-refractivity contribution in [1.82, 2.24) is 10.6 Å². The highest BCUT2D eigenvalue weighted by molar-refractivity contribution is 5.87. The Bertz CT molecular complexity index is 1000. The molecule has 2 aromatic carbocycles. The summed E-state index contributed by atoms with van der Waals surface area (Å²) < 4.78 is 5.65. The zero-order valence-corrected chi connectivity index (χ0v) is 20.0. The van der Waals surface area contributed by atoms with E-state index in [9.17, 15) is 14.4 Å². The standard InChI is InChI=1S/C28H34N2O4/c1-3-4-15-26(27(32)29-25-16-9-14-19(25)18(2)31)30-28(33)34-17-24-22-12-7-5-10-20(22)21-11-6-8-13-23(21)24/h5-8,10-13,19,24-26H,3-4,9,14-17H2,1-2H3,(H,29,32)(H,30,33)/t19-,25-,26-/m0/s1. The monoisotopic (exact) mass is 462 g/mol. The van der Waals surface area contributed by atoms with Gasteiger partial charge in [-0.25, -0.2) is 4.79 Å². The fourth-order valence-electron chi connectivity index (χ4n) is 5.36. The Balaban J connectivity index is 1.39. The van der Waals surface area contributed by atoms with Gasteiger partial charge in [-0.3, -0.25) is 9.59 Å². The highest BCUT2D eigenvalue weighted by atomic mass is 16.5. The molecule has 6 heteroatoms. The van der Waals surface area contributed by atoms with Crippen molar-refractivity contribution in [3.8, 4) is 11.1 Å². The van der Waals surface area contributed by atoms with Gasteiger partial charge in [-0.2, -0.15) is 0 Å². The molecule has 4 rings (SSSR count). The van der Waals surface area contributed by atoms with Crippen molar-refractivity contribution in [2.24, 2.45) is 5.92 Å². The lowest BCUT2D eigenvalue weighted by atomic mass is 9.98. The number of fused-ring (bicyclic) bond motifs is 3. The first-order chi connectivity index (χ1) is 16.5. The van der Waals surface area contributed by atoms with Crippen LogP contribution in [0.3, 0.4) is 0 Å². The Kier molecular flexibility index (Phi) is 7.66. The van der Waals surface area contributed by atoms with E-state index in [0.717, 1.165) is 43.2 Å². The maximum atomic E-state index is 13.0. The summed E-state index contributed by atoms with van der Waals surface area (Å²) in [5, 5.41) is 5.80. The summed E-state index contributed by atoms with van der Waals surface area (Å²) >= 11 is 0. The summed E-state index contributed by atoms with van der Waals surface area (Å²) in [6, 6.07) is 15.5. The third-order valence-corrected chi connectivity index (χ3v) is 7.16. The Morgan fingerprint density at radius 3 is 2.26 bits per heavy atom. The van der Waals surface area contributed by atoms with Gasteiger partial charge in [-0.1, -0.05) is 74.7 Å². The molecule has 2 aliphatic carbocycles. The minimum absolute atomic E-state index is 0.0316. The van der Waals surface area contributed by atoms with Crippen LogP contribution in [0.2, 0.25) is 0 Å². The Morgan fingerprint density at radius 2 is 1.65 bits per heavy atom. The summed E-state index contributed by atoms with van der Waals surface area (Å²) in [6.45, 7) is 3.83. The van der Waals surface area contributed by atoms with Crippen LogP contribution in [0.15, 0.2) is 48.5 Å². The second kappa shape index (κ2) is 10.9. The minimum atomic E-state index is -0.677. The van der Waals surface area contributed by atoms with Crippen molar-refractivity contribution >= 4 is 17.8 Å². The lowest BCUT2D eigenvalue weighted by Gasteiger charge is -2.24. The van der Waals surface area contributed by atoms with E-state index in [1.807, 2.05) is 31.2 Å². The van der Waals surface area contributed by atoms with Gasteiger partial charge in [0.05, 0.1) is 0 Å². The molecule has 1 saturated carbocycles. The van der Waals surface area contributed by atoms with Gasteiger partial charge >= 0.3 is 6.09 Å². The average molecular weight is 463 g/mol. The molecule has 2 N–H and O–H groups in total. The number of benzene rings is 2. The van der Waals surface area contributed by atoms with Gasteiger partial charge in [0.15, 0.2) is 0 Å². The van der Waals surface area contributed by atoms with Crippen LogP contribution >= 0.6 is 0 Å². The number of carbonyl (C=O) groups is 3. The predicted molar refractivity (Wildman–Crippen MR) is 131 cm³/mol. The van der Waals surface area contributed by atoms with Crippen LogP contribution in [-0.2, 0) is 14.3 Å². The van der Waals surface area contributed by atoms with Gasteiger partial charge in [0.1, 0.15) is 18.4 Å². The molecule has 2 aliphatic rings. The van der Waals surface area contributed by atoms with Gasteiger partial charge in [0.2, 0.25) is 5.91 Å². The molecule has 34 heavy (non-hydrogen) atoms. The number of Topliss-reactive ketones (excluding diaryl/α,β-unsaturated/α-hetero) is 1. The molecule has 180 valence electrons. The van der Waals surface area contributed by atoms with Gasteiger partial charge in [-0.05, 0) is 48.4 Å². The number of rotatable bonds is 9. The normalized spacial score (nSPS) is 19.7. The quantitative estimate of drug-likeness (QED) is 0.552. The number of nitrogens with one attached hydrogen (secondary N) is 2. The summed E-state index contributed by atoms with van der Waals surface area (Å²) in [7, 11) is 0. The van der Waals surface area contributed by atoms with E-state index in [0.29, 0.717) is 6.42 Å². The largest absolute Gasteiger partial charge is 0.449 e. The molecule has 0 saturated heterocycles. The summed E-state index contributed by atoms with van der Waals surface area (Å²) in [6.07, 6.45) is 4.19. The Morgan fingerprint density at radius 1 is 1.00 bits per heavy atom. The molecule has 0 heterocycles. The Hall–Kier alpha value is -3.15. The lowest BCUT2D eigenvalue weighted by Crippen LogP contribution is -2.51. The number of carbonyl (C=O) groups excluding carboxylic acids is 3. The van der Waals surface area contributed by atoms with Crippen LogP contribution in [0.25, 0.3) is 11.1 Å². The van der Waals surface area contributed by atoms with Crippen LogP contribution in [0.1, 0.15) is 69.4 Å². The number of hydrogen-bond donors (Lipinski definition) is 2. The van der Waals surface area contributed by atoms with E-state index in [1.54, 1.807) is 6.92 Å². The molecule has 1 fully saturated rings. The molecule has 2 amide bonds. The first-order valence-electron chi connectivity index (χ1n) is 12.4. The topological polar surface area (TPSA) is 84.5 Å². The molecule has 0 aliphatic heterocycles. The summed E-state index contributed by atoms with van der Waals surface area (Å²) in [5.74, 6) is -0.293. The van der Waals surface area contributed by atoms with E-state index in [4.69, 9.17) is 4.74 Å². The van der Waals surface area contributed by atoms with Crippen LogP contribution in [0.4, 0.5) is 4.79 Å². The maximum absolute atomic E-state index is 13.0. The number of amides is 2. The smallest absolute Gasteiger partial charge is 0.407 e. The summed E-state index contributed by atoms with van der Waals surface area (Å²) in [5.41, 5.74) is 4.63. The van der Waals surface area contributed by atoms with E-state index in [1.165, 1.54) is 11.1 Å². The summed E-state index contributed by atoms with van der Waals surface area (Å²) in [4.78, 5) is 37.7. The lowest BCUT2D eigenvalue weighted by molar-refractivity contribution is -0.125. The molecule has 0 aromatic heterocycles. The number of alkyl carbamates (subject to hydrolysis) is 1. The first-order valence-corrected chi connectivity index (χ1v) is 12.4. The van der Waals surface area contributed by atoms with Crippen LogP contribution in [0, 0.1) is 5.92 Å². The highest BCUT2D eigenvalue weighted by Gasteiger charge is 2.34. The van der Waals surface area contributed by atoms with Crippen molar-refractivity contribution in [3.63, 3.8) is 0 Å². The molecule has 2 aromatic rings. The highest BCUT2D eigenvalue weighted by Crippen LogP contribution is 2.44. The van der Waals surface area contributed by atoms with Crippen molar-refractivity contribution in [2.75, 3.05) is 6.61 Å². The van der Waals surface area contributed by atoms with Crippen molar-refractivity contribution < 1.29 is 19.1 Å². The predicted octanol–water partition coefficient (Wildman–Crippen LogP) is 4.96. The minimum Gasteiger partial charge on any atom is -0.449 e. The van der Waals surface area contributed by atoms with Crippen LogP contribution in [0.5, 0.6) is 0 Å². The average Bonchev–Trinajstić information content (AvgIpc) is 3.43. The van der Waals surface area contributed by atoms with Crippen molar-refractivity contribution in [3.05, 3.63) is 59.7 Å². The molecule has 0 radical (unpaired) electrons. The van der Waals surface area contributed by atoms with E-state index in [2.05, 4.69) is 34.9 Å². The van der Waals surface area contributed by atoms with Crippen LogP contribution < -0.4 is 10.6 Å². The number of ether oxygens (including phenoxy) is 1. The Labute approximate surface area is 201 Å². The molecular formula is C28H34N2O4. The molecule has 0 unspecified atom stereocenters. The second-order valence-corrected chi connectivity index (χ2v) is 9.43. The first kappa shape index (κ1) is 24.0. The number of unbranched alkanes of at least 4 members (excludes halogenated alkanes) is 1. The van der Waals surface area contributed by atoms with E-state index < -0.39 is 12.1 Å². The molecular weight excluding hydrogens is 428 g/mol. The molecule has 0 spiro atoms. The van der Waals surface area contributed by atoms with Gasteiger partial charge in [0.25, 0.3) is 0 Å². The fourth-order valence-corrected chi connectivity index (χ4v) is 5.36. The number of ketones is 1. The van der Waals surface area contributed by atoms with Gasteiger partial charge in [0, 0.05) is 17.9 Å². The molecule has 6 nitrogen and oxygen atoms in total.